The molecule has 2 aromatic carbocycles. The topological polar surface area (TPSA) is 175 Å². The van der Waals surface area contributed by atoms with Crippen LogP contribution in [0.3, 0.4) is 0 Å². The summed E-state index contributed by atoms with van der Waals surface area (Å²) in [4.78, 5) is 50.1. The number of benzene rings is 2. The number of hydrogen-bond acceptors (Lipinski definition) is 10. The fourth-order valence-corrected chi connectivity index (χ4v) is 3.67. The predicted octanol–water partition coefficient (Wildman–Crippen LogP) is 1.56. The number of rotatable bonds is 10. The number of nitrogens with zero attached hydrogens (tertiary/aromatic N) is 3. The van der Waals surface area contributed by atoms with Gasteiger partial charge < -0.3 is 29.1 Å². The fourth-order valence-electron chi connectivity index (χ4n) is 3.67. The van der Waals surface area contributed by atoms with E-state index in [-0.39, 0.29) is 57.9 Å². The van der Waals surface area contributed by atoms with E-state index in [2.05, 4.69) is 0 Å². The summed E-state index contributed by atoms with van der Waals surface area (Å²) in [5.41, 5.74) is 4.77. The van der Waals surface area contributed by atoms with Crippen LogP contribution >= 0.6 is 0 Å². The summed E-state index contributed by atoms with van der Waals surface area (Å²) in [6.07, 6.45) is -1.20. The highest BCUT2D eigenvalue weighted by molar-refractivity contribution is 5.85. The minimum Gasteiger partial charge on any atom is -0.497 e. The van der Waals surface area contributed by atoms with Gasteiger partial charge in [-0.1, -0.05) is 12.1 Å². The first kappa shape index (κ1) is 28.3. The molecule has 1 fully saturated rings. The zero-order chi connectivity index (χ0) is 27.7. The SMILES string of the molecule is COc1ccc(COC(=O)N2CCN(C(=O)[C@@](N)(O)CCC(=O)OCc3ccc([N+](=O)[O-])cc3)CC2)cc1. The molecule has 13 nitrogen and oxygen atoms in total. The van der Waals surface area contributed by atoms with E-state index in [1.807, 2.05) is 0 Å². The Labute approximate surface area is 218 Å². The number of hydrogen-bond donors (Lipinski definition) is 2. The summed E-state index contributed by atoms with van der Waals surface area (Å²) in [6, 6.07) is 12.6. The molecule has 0 unspecified atom stereocenters. The second-order valence-corrected chi connectivity index (χ2v) is 8.69. The van der Waals surface area contributed by atoms with Gasteiger partial charge in [-0.05, 0) is 35.4 Å². The van der Waals surface area contributed by atoms with Crippen molar-refractivity contribution in [2.24, 2.45) is 5.73 Å². The summed E-state index contributed by atoms with van der Waals surface area (Å²) in [5.74, 6) is -0.753. The van der Waals surface area contributed by atoms with Crippen molar-refractivity contribution in [2.75, 3.05) is 33.3 Å². The Morgan fingerprint density at radius 3 is 2.03 bits per heavy atom. The Bertz CT molecular complexity index is 1130. The molecule has 1 atom stereocenters. The van der Waals surface area contributed by atoms with E-state index in [1.165, 1.54) is 34.1 Å². The van der Waals surface area contributed by atoms with Crippen LogP contribution in [0.4, 0.5) is 10.5 Å². The number of piperazine rings is 1. The largest absolute Gasteiger partial charge is 0.497 e. The number of carbonyl (C=O) groups excluding carboxylic acids is 3. The van der Waals surface area contributed by atoms with Gasteiger partial charge >= 0.3 is 12.1 Å². The molecule has 1 aliphatic rings. The minimum atomic E-state index is -2.29. The molecule has 2 amide bonds. The van der Waals surface area contributed by atoms with Gasteiger partial charge in [0.05, 0.1) is 18.5 Å². The average molecular weight is 531 g/mol. The molecular formula is C25H30N4O9. The molecule has 1 saturated heterocycles. The van der Waals surface area contributed by atoms with Gasteiger partial charge in [-0.2, -0.15) is 0 Å². The third kappa shape index (κ3) is 7.88. The molecule has 0 saturated carbocycles. The van der Waals surface area contributed by atoms with Gasteiger partial charge in [-0.25, -0.2) is 4.79 Å². The van der Waals surface area contributed by atoms with Crippen molar-refractivity contribution >= 4 is 23.7 Å². The molecule has 0 spiro atoms. The number of non-ortho nitro benzene ring substituents is 1. The van der Waals surface area contributed by atoms with Gasteiger partial charge in [0.2, 0.25) is 0 Å². The molecule has 13 heteroatoms. The normalized spacial score (nSPS) is 14.8. The van der Waals surface area contributed by atoms with E-state index in [9.17, 15) is 29.6 Å². The van der Waals surface area contributed by atoms with E-state index < -0.39 is 28.6 Å². The van der Waals surface area contributed by atoms with Crippen molar-refractivity contribution < 1.29 is 38.6 Å². The maximum atomic E-state index is 12.7. The lowest BCUT2D eigenvalue weighted by Gasteiger charge is -2.37. The monoisotopic (exact) mass is 530 g/mol. The summed E-state index contributed by atoms with van der Waals surface area (Å²) in [5, 5.41) is 21.2. The Hall–Kier alpha value is -4.23. The summed E-state index contributed by atoms with van der Waals surface area (Å²) < 4.78 is 15.5. The third-order valence-corrected chi connectivity index (χ3v) is 5.97. The molecule has 0 bridgehead atoms. The van der Waals surface area contributed by atoms with Gasteiger partial charge in [0.25, 0.3) is 11.6 Å². The zero-order valence-electron chi connectivity index (χ0n) is 20.9. The second kappa shape index (κ2) is 12.8. The zero-order valence-corrected chi connectivity index (χ0v) is 20.9. The van der Waals surface area contributed by atoms with Gasteiger partial charge in [0, 0.05) is 44.7 Å². The number of nitrogens with two attached hydrogens (primary N) is 1. The number of nitro groups is 1. The lowest BCUT2D eigenvalue weighted by Crippen LogP contribution is -2.60. The van der Waals surface area contributed by atoms with Crippen LogP contribution in [0.15, 0.2) is 48.5 Å². The summed E-state index contributed by atoms with van der Waals surface area (Å²) in [6.45, 7) is 0.636. The Morgan fingerprint density at radius 2 is 1.47 bits per heavy atom. The summed E-state index contributed by atoms with van der Waals surface area (Å²) >= 11 is 0. The lowest BCUT2D eigenvalue weighted by atomic mass is 10.1. The number of ether oxygens (including phenoxy) is 3. The van der Waals surface area contributed by atoms with E-state index >= 15 is 0 Å². The van der Waals surface area contributed by atoms with Crippen LogP contribution in [0.2, 0.25) is 0 Å². The van der Waals surface area contributed by atoms with Crippen molar-refractivity contribution in [1.29, 1.82) is 0 Å². The maximum Gasteiger partial charge on any atom is 0.410 e. The minimum absolute atomic E-state index is 0.0851. The molecule has 0 aromatic heterocycles. The number of carbonyl (C=O) groups is 3. The highest BCUT2D eigenvalue weighted by Gasteiger charge is 2.37. The standard InChI is InChI=1S/C25H30N4O9/c1-36-21-8-4-19(5-9-21)17-38-24(32)28-14-12-27(13-15-28)23(31)25(26,33)11-10-22(30)37-16-18-2-6-20(7-3-18)29(34)35/h2-9,33H,10-17,26H2,1H3/t25-/m0/s1. The second-order valence-electron chi connectivity index (χ2n) is 8.69. The Balaban J connectivity index is 1.38. The highest BCUT2D eigenvalue weighted by atomic mass is 16.6. The molecule has 0 aliphatic carbocycles. The van der Waals surface area contributed by atoms with Crippen molar-refractivity contribution in [3.05, 3.63) is 69.8 Å². The maximum absolute atomic E-state index is 12.7. The number of methoxy groups -OCH3 is 1. The first-order chi connectivity index (χ1) is 18.1. The fraction of sp³-hybridized carbons (Fsp3) is 0.400. The molecule has 204 valence electrons. The number of esters is 1. The average Bonchev–Trinajstić information content (AvgIpc) is 2.93. The van der Waals surface area contributed by atoms with Crippen LogP contribution in [0.1, 0.15) is 24.0 Å². The molecule has 1 heterocycles. The van der Waals surface area contributed by atoms with Gasteiger partial charge in [0.1, 0.15) is 19.0 Å². The van der Waals surface area contributed by atoms with Gasteiger partial charge in [-0.3, -0.25) is 25.4 Å². The molecule has 2 aromatic rings. The molecule has 3 rings (SSSR count). The van der Waals surface area contributed by atoms with Crippen molar-refractivity contribution in [3.8, 4) is 5.75 Å². The number of nitro benzene ring substituents is 1. The third-order valence-electron chi connectivity index (χ3n) is 5.97. The van der Waals surface area contributed by atoms with Crippen LogP contribution in [-0.2, 0) is 32.3 Å². The van der Waals surface area contributed by atoms with E-state index in [4.69, 9.17) is 19.9 Å². The first-order valence-electron chi connectivity index (χ1n) is 11.8. The molecule has 0 radical (unpaired) electrons. The van der Waals surface area contributed by atoms with Crippen molar-refractivity contribution in [2.45, 2.75) is 31.8 Å². The van der Waals surface area contributed by atoms with Crippen LogP contribution < -0.4 is 10.5 Å². The molecule has 1 aliphatic heterocycles. The Kier molecular flexibility index (Phi) is 9.57. The van der Waals surface area contributed by atoms with Gasteiger partial charge in [0.15, 0.2) is 5.72 Å². The van der Waals surface area contributed by atoms with Crippen LogP contribution in [0.5, 0.6) is 5.75 Å². The van der Waals surface area contributed by atoms with Crippen LogP contribution in [0.25, 0.3) is 0 Å². The molecular weight excluding hydrogens is 500 g/mol. The van der Waals surface area contributed by atoms with Crippen LogP contribution in [0, 0.1) is 10.1 Å². The quantitative estimate of drug-likeness (QED) is 0.198. The van der Waals surface area contributed by atoms with Crippen LogP contribution in [-0.4, -0.2) is 76.8 Å². The lowest BCUT2D eigenvalue weighted by molar-refractivity contribution is -0.384. The highest BCUT2D eigenvalue weighted by Crippen LogP contribution is 2.17. The van der Waals surface area contributed by atoms with E-state index in [1.54, 1.807) is 31.4 Å². The number of aliphatic hydroxyl groups is 1. The summed E-state index contributed by atoms with van der Waals surface area (Å²) in [7, 11) is 1.56. The van der Waals surface area contributed by atoms with E-state index in [0.29, 0.717) is 11.3 Å². The number of amides is 2. The first-order valence-corrected chi connectivity index (χ1v) is 11.8. The Morgan fingerprint density at radius 1 is 0.947 bits per heavy atom. The molecule has 38 heavy (non-hydrogen) atoms. The van der Waals surface area contributed by atoms with Gasteiger partial charge in [-0.15, -0.1) is 0 Å². The molecule has 3 N–H and O–H groups in total. The smallest absolute Gasteiger partial charge is 0.410 e. The van der Waals surface area contributed by atoms with E-state index in [0.717, 1.165) is 5.56 Å². The van der Waals surface area contributed by atoms with Crippen molar-refractivity contribution in [3.63, 3.8) is 0 Å². The van der Waals surface area contributed by atoms with Crippen molar-refractivity contribution in [1.82, 2.24) is 9.80 Å². The predicted molar refractivity (Wildman–Crippen MR) is 133 cm³/mol.